The van der Waals surface area contributed by atoms with Crippen molar-refractivity contribution in [2.45, 2.75) is 38.3 Å². The fraction of sp³-hybridized carbons (Fsp3) is 0.500. The molecular weight excluding hydrogens is 174 g/mol. The Labute approximate surface area is 85.9 Å². The van der Waals surface area contributed by atoms with E-state index in [0.717, 1.165) is 12.8 Å². The molecule has 74 valence electrons. The molecule has 3 N–H and O–H groups in total. The van der Waals surface area contributed by atoms with Crippen LogP contribution in [0, 0.1) is 36.0 Å². The van der Waals surface area contributed by atoms with Gasteiger partial charge in [0.25, 0.3) is 0 Å². The zero-order chi connectivity index (χ0) is 10.8. The van der Waals surface area contributed by atoms with Crippen LogP contribution in [-0.2, 0) is 0 Å². The van der Waals surface area contributed by atoms with Gasteiger partial charge in [-0.2, -0.15) is 0 Å². The summed E-state index contributed by atoms with van der Waals surface area (Å²) in [5, 5.41) is 9.33. The molecule has 0 aromatic carbocycles. The number of rotatable bonds is 3. The molecule has 0 aliphatic rings. The van der Waals surface area contributed by atoms with Crippen LogP contribution in [0.4, 0.5) is 0 Å². The number of aliphatic hydroxyl groups is 1. The molecule has 0 saturated heterocycles. The second-order valence-corrected chi connectivity index (χ2v) is 2.86. The number of hydrogen-bond donors (Lipinski definition) is 2. The van der Waals surface area contributed by atoms with E-state index in [1.165, 1.54) is 0 Å². The van der Waals surface area contributed by atoms with Crippen molar-refractivity contribution in [2.24, 2.45) is 5.73 Å². The lowest BCUT2D eigenvalue weighted by molar-refractivity contribution is 0.169. The molecule has 0 fully saturated rings. The largest absolute Gasteiger partial charge is 0.392 e. The second-order valence-electron chi connectivity index (χ2n) is 2.86. The van der Waals surface area contributed by atoms with Crippen LogP contribution in [-0.4, -0.2) is 17.3 Å². The summed E-state index contributed by atoms with van der Waals surface area (Å²) in [6, 6.07) is -0.514. The molecule has 0 rings (SSSR count). The van der Waals surface area contributed by atoms with Crippen molar-refractivity contribution in [1.82, 2.24) is 0 Å². The molecule has 14 heavy (non-hydrogen) atoms. The average Bonchev–Trinajstić information content (AvgIpc) is 2.15. The van der Waals surface area contributed by atoms with E-state index in [4.69, 9.17) is 12.2 Å². The molecule has 0 aliphatic heterocycles. The monoisotopic (exact) mass is 189 g/mol. The van der Waals surface area contributed by atoms with Crippen molar-refractivity contribution < 1.29 is 5.11 Å². The minimum atomic E-state index is -0.514. The first kappa shape index (κ1) is 12.6. The summed E-state index contributed by atoms with van der Waals surface area (Å²) < 4.78 is 0. The molecular formula is C12H15NO. The smallest absolute Gasteiger partial charge is 0.129 e. The minimum Gasteiger partial charge on any atom is -0.392 e. The topological polar surface area (TPSA) is 46.2 Å². The zero-order valence-corrected chi connectivity index (χ0v) is 8.38. The number of terminal acetylenes is 1. The Balaban J connectivity index is 3.88. The molecule has 0 aromatic heterocycles. The average molecular weight is 189 g/mol. The van der Waals surface area contributed by atoms with Crippen molar-refractivity contribution in [2.75, 3.05) is 0 Å². The SMILES string of the molecule is C#CC#CC(N)C#CCC(O)CCC. The number of nitrogens with two attached hydrogens (primary N) is 1. The third-order valence-corrected chi connectivity index (χ3v) is 1.52. The first-order chi connectivity index (χ1) is 6.70. The third kappa shape index (κ3) is 7.26. The summed E-state index contributed by atoms with van der Waals surface area (Å²) >= 11 is 0. The first-order valence-electron chi connectivity index (χ1n) is 4.58. The Kier molecular flexibility index (Phi) is 7.39. The number of aliphatic hydroxyl groups excluding tert-OH is 1. The quantitative estimate of drug-likeness (QED) is 0.635. The Bertz CT molecular complexity index is 305. The molecule has 2 unspecified atom stereocenters. The summed E-state index contributed by atoms with van der Waals surface area (Å²) in [5.74, 6) is 12.6. The molecule has 0 radical (unpaired) electrons. The normalized spacial score (nSPS) is 12.4. The lowest BCUT2D eigenvalue weighted by Crippen LogP contribution is -2.14. The Hall–Kier alpha value is -1.40. The molecule has 0 amide bonds. The van der Waals surface area contributed by atoms with E-state index in [2.05, 4.69) is 29.6 Å². The Morgan fingerprint density at radius 3 is 2.71 bits per heavy atom. The van der Waals surface area contributed by atoms with Crippen LogP contribution in [0.1, 0.15) is 26.2 Å². The molecule has 0 aromatic rings. The van der Waals surface area contributed by atoms with E-state index < -0.39 is 6.04 Å². The van der Waals surface area contributed by atoms with Gasteiger partial charge in [0.2, 0.25) is 0 Å². The molecule has 2 heteroatoms. The molecule has 0 bridgehead atoms. The summed E-state index contributed by atoms with van der Waals surface area (Å²) in [6.07, 6.45) is 6.72. The van der Waals surface area contributed by atoms with Gasteiger partial charge in [-0.25, -0.2) is 0 Å². The lowest BCUT2D eigenvalue weighted by Gasteiger charge is -2.02. The van der Waals surface area contributed by atoms with Crippen molar-refractivity contribution in [1.29, 1.82) is 0 Å². The van der Waals surface area contributed by atoms with Gasteiger partial charge >= 0.3 is 0 Å². The predicted octanol–water partition coefficient (Wildman–Crippen LogP) is 0.505. The van der Waals surface area contributed by atoms with Crippen LogP contribution in [0.3, 0.4) is 0 Å². The molecule has 2 nitrogen and oxygen atoms in total. The van der Waals surface area contributed by atoms with Gasteiger partial charge < -0.3 is 10.8 Å². The second kappa shape index (κ2) is 8.21. The highest BCUT2D eigenvalue weighted by molar-refractivity contribution is 5.29. The Morgan fingerprint density at radius 2 is 2.14 bits per heavy atom. The van der Waals surface area contributed by atoms with Gasteiger partial charge in [-0.1, -0.05) is 31.1 Å². The maximum atomic E-state index is 9.33. The van der Waals surface area contributed by atoms with Gasteiger partial charge in [0, 0.05) is 6.42 Å². The molecule has 0 aliphatic carbocycles. The van der Waals surface area contributed by atoms with Crippen LogP contribution in [0.2, 0.25) is 0 Å². The van der Waals surface area contributed by atoms with Crippen LogP contribution in [0.15, 0.2) is 0 Å². The van der Waals surface area contributed by atoms with E-state index in [9.17, 15) is 5.11 Å². The van der Waals surface area contributed by atoms with Crippen LogP contribution in [0.25, 0.3) is 0 Å². The number of hydrogen-bond acceptors (Lipinski definition) is 2. The maximum Gasteiger partial charge on any atom is 0.129 e. The summed E-state index contributed by atoms with van der Waals surface area (Å²) in [4.78, 5) is 0. The van der Waals surface area contributed by atoms with E-state index in [0.29, 0.717) is 6.42 Å². The van der Waals surface area contributed by atoms with E-state index >= 15 is 0 Å². The predicted molar refractivity (Wildman–Crippen MR) is 57.9 cm³/mol. The molecule has 0 spiro atoms. The van der Waals surface area contributed by atoms with Crippen molar-refractivity contribution in [3.63, 3.8) is 0 Å². The standard InChI is InChI=1S/C12H15NO/c1-3-5-8-11(13)9-6-10-12(14)7-4-2/h1,11-12,14H,4,7,10,13H2,2H3. The summed E-state index contributed by atoms with van der Waals surface area (Å²) in [7, 11) is 0. The van der Waals surface area contributed by atoms with E-state index in [1.807, 2.05) is 6.92 Å². The fourth-order valence-electron chi connectivity index (χ4n) is 0.877. The lowest BCUT2D eigenvalue weighted by atomic mass is 10.1. The van der Waals surface area contributed by atoms with Gasteiger partial charge in [0.05, 0.1) is 6.10 Å². The molecule has 0 saturated carbocycles. The van der Waals surface area contributed by atoms with Crippen LogP contribution < -0.4 is 5.73 Å². The van der Waals surface area contributed by atoms with Crippen molar-refractivity contribution >= 4 is 0 Å². The third-order valence-electron chi connectivity index (χ3n) is 1.52. The van der Waals surface area contributed by atoms with Crippen LogP contribution >= 0.6 is 0 Å². The van der Waals surface area contributed by atoms with Gasteiger partial charge in [-0.3, -0.25) is 0 Å². The van der Waals surface area contributed by atoms with Crippen LogP contribution in [0.5, 0.6) is 0 Å². The van der Waals surface area contributed by atoms with E-state index in [-0.39, 0.29) is 6.10 Å². The van der Waals surface area contributed by atoms with Gasteiger partial charge in [0.15, 0.2) is 0 Å². The fourth-order valence-corrected chi connectivity index (χ4v) is 0.877. The minimum absolute atomic E-state index is 0.361. The highest BCUT2D eigenvalue weighted by atomic mass is 16.3. The zero-order valence-electron chi connectivity index (χ0n) is 8.38. The Morgan fingerprint density at radius 1 is 1.43 bits per heavy atom. The van der Waals surface area contributed by atoms with E-state index in [1.54, 1.807) is 0 Å². The van der Waals surface area contributed by atoms with Gasteiger partial charge in [0.1, 0.15) is 6.04 Å². The first-order valence-corrected chi connectivity index (χ1v) is 4.58. The highest BCUT2D eigenvalue weighted by Crippen LogP contribution is 1.98. The van der Waals surface area contributed by atoms with Gasteiger partial charge in [-0.05, 0) is 18.3 Å². The van der Waals surface area contributed by atoms with Crippen molar-refractivity contribution in [3.8, 4) is 36.0 Å². The summed E-state index contributed by atoms with van der Waals surface area (Å²) in [6.45, 7) is 2.01. The van der Waals surface area contributed by atoms with Gasteiger partial charge in [-0.15, -0.1) is 6.42 Å². The van der Waals surface area contributed by atoms with Crippen molar-refractivity contribution in [3.05, 3.63) is 0 Å². The highest BCUT2D eigenvalue weighted by Gasteiger charge is 1.98. The summed E-state index contributed by atoms with van der Waals surface area (Å²) in [5.41, 5.74) is 5.50. The maximum absolute atomic E-state index is 9.33. The molecule has 2 atom stereocenters. The molecule has 0 heterocycles.